The summed E-state index contributed by atoms with van der Waals surface area (Å²) in [6, 6.07) is 16.5. The van der Waals surface area contributed by atoms with Crippen LogP contribution >= 0.6 is 11.8 Å². The third kappa shape index (κ3) is 4.65. The van der Waals surface area contributed by atoms with Crippen LogP contribution in [0.25, 0.3) is 0 Å². The molecule has 0 aliphatic carbocycles. The minimum Gasteiger partial charge on any atom is -0.337 e. The standard InChI is InChI=1S/C21H26N2OS/c1-23(15-16-6-3-10-20(12-16)25-2)21(24)18-8-4-7-17(13-18)19-9-5-11-22-14-19/h3-4,6-8,10,12-13,19,22H,5,9,11,14-15H2,1-2H3/t19-/m0/s1. The average molecular weight is 355 g/mol. The monoisotopic (exact) mass is 354 g/mol. The first kappa shape index (κ1) is 18.0. The molecule has 0 aromatic heterocycles. The summed E-state index contributed by atoms with van der Waals surface area (Å²) in [7, 11) is 1.88. The molecule has 1 heterocycles. The number of carbonyl (C=O) groups is 1. The van der Waals surface area contributed by atoms with Crippen LogP contribution in [0.2, 0.25) is 0 Å². The molecular weight excluding hydrogens is 328 g/mol. The molecule has 0 saturated carbocycles. The van der Waals surface area contributed by atoms with Gasteiger partial charge in [0.05, 0.1) is 0 Å². The summed E-state index contributed by atoms with van der Waals surface area (Å²) in [4.78, 5) is 15.9. The largest absolute Gasteiger partial charge is 0.337 e. The third-order valence-electron chi connectivity index (χ3n) is 4.80. The highest BCUT2D eigenvalue weighted by atomic mass is 32.2. The molecule has 25 heavy (non-hydrogen) atoms. The average Bonchev–Trinajstić information content (AvgIpc) is 2.68. The van der Waals surface area contributed by atoms with Crippen molar-refractivity contribution in [3.8, 4) is 0 Å². The van der Waals surface area contributed by atoms with Gasteiger partial charge in [0, 0.05) is 30.6 Å². The minimum atomic E-state index is 0.0835. The lowest BCUT2D eigenvalue weighted by atomic mass is 9.90. The number of carbonyl (C=O) groups excluding carboxylic acids is 1. The van der Waals surface area contributed by atoms with Gasteiger partial charge in [-0.05, 0) is 67.0 Å². The molecule has 1 aliphatic rings. The van der Waals surface area contributed by atoms with Crippen LogP contribution in [-0.2, 0) is 6.54 Å². The highest BCUT2D eigenvalue weighted by Crippen LogP contribution is 2.24. The maximum atomic E-state index is 12.8. The molecule has 1 saturated heterocycles. The molecule has 0 spiro atoms. The van der Waals surface area contributed by atoms with Crippen molar-refractivity contribution < 1.29 is 4.79 Å². The molecule has 132 valence electrons. The Labute approximate surface area is 154 Å². The minimum absolute atomic E-state index is 0.0835. The zero-order valence-corrected chi connectivity index (χ0v) is 15.8. The van der Waals surface area contributed by atoms with E-state index in [0.717, 1.165) is 24.2 Å². The second-order valence-corrected chi connectivity index (χ2v) is 7.56. The van der Waals surface area contributed by atoms with E-state index in [1.54, 1.807) is 16.7 Å². The molecule has 0 bridgehead atoms. The summed E-state index contributed by atoms with van der Waals surface area (Å²) in [5.41, 5.74) is 3.22. The molecule has 1 atom stereocenters. The fourth-order valence-electron chi connectivity index (χ4n) is 3.40. The van der Waals surface area contributed by atoms with Gasteiger partial charge in [-0.3, -0.25) is 4.79 Å². The fourth-order valence-corrected chi connectivity index (χ4v) is 3.88. The fraction of sp³-hybridized carbons (Fsp3) is 0.381. The van der Waals surface area contributed by atoms with E-state index < -0.39 is 0 Å². The normalized spacial score (nSPS) is 17.3. The van der Waals surface area contributed by atoms with Crippen molar-refractivity contribution in [1.82, 2.24) is 10.2 Å². The van der Waals surface area contributed by atoms with Crippen LogP contribution in [0, 0.1) is 0 Å². The zero-order valence-electron chi connectivity index (χ0n) is 15.0. The van der Waals surface area contributed by atoms with Gasteiger partial charge in [-0.2, -0.15) is 0 Å². The van der Waals surface area contributed by atoms with E-state index in [2.05, 4.69) is 48.0 Å². The van der Waals surface area contributed by atoms with E-state index in [4.69, 9.17) is 0 Å². The number of rotatable bonds is 5. The maximum Gasteiger partial charge on any atom is 0.253 e. The maximum absolute atomic E-state index is 12.8. The molecule has 2 aromatic rings. The third-order valence-corrected chi connectivity index (χ3v) is 5.53. The molecule has 4 heteroatoms. The molecule has 3 rings (SSSR count). The second kappa shape index (κ2) is 8.54. The van der Waals surface area contributed by atoms with E-state index in [1.807, 2.05) is 19.2 Å². The Balaban J connectivity index is 1.71. The van der Waals surface area contributed by atoms with E-state index in [1.165, 1.54) is 23.3 Å². The van der Waals surface area contributed by atoms with Crippen molar-refractivity contribution >= 4 is 17.7 Å². The smallest absolute Gasteiger partial charge is 0.253 e. The first-order chi connectivity index (χ1) is 12.2. The van der Waals surface area contributed by atoms with E-state index >= 15 is 0 Å². The second-order valence-electron chi connectivity index (χ2n) is 6.68. The predicted molar refractivity (Wildman–Crippen MR) is 105 cm³/mol. The molecule has 1 aliphatic heterocycles. The number of hydrogen-bond acceptors (Lipinski definition) is 3. The van der Waals surface area contributed by atoms with Crippen molar-refractivity contribution in [2.24, 2.45) is 0 Å². The van der Waals surface area contributed by atoms with Crippen LogP contribution in [0.4, 0.5) is 0 Å². The first-order valence-corrected chi connectivity index (χ1v) is 10.1. The molecule has 0 unspecified atom stereocenters. The Bertz CT molecular complexity index is 725. The van der Waals surface area contributed by atoms with Crippen LogP contribution in [0.3, 0.4) is 0 Å². The highest BCUT2D eigenvalue weighted by Gasteiger charge is 2.18. The highest BCUT2D eigenvalue weighted by molar-refractivity contribution is 7.98. The van der Waals surface area contributed by atoms with Crippen molar-refractivity contribution in [3.63, 3.8) is 0 Å². The summed E-state index contributed by atoms with van der Waals surface area (Å²) in [5.74, 6) is 0.602. The van der Waals surface area contributed by atoms with E-state index in [0.29, 0.717) is 12.5 Å². The van der Waals surface area contributed by atoms with E-state index in [-0.39, 0.29) is 5.91 Å². The molecule has 1 amide bonds. The van der Waals surface area contributed by atoms with Crippen LogP contribution in [0.1, 0.15) is 40.2 Å². The Morgan fingerprint density at radius 3 is 2.84 bits per heavy atom. The number of amides is 1. The lowest BCUT2D eigenvalue weighted by Gasteiger charge is -2.24. The topological polar surface area (TPSA) is 32.3 Å². The van der Waals surface area contributed by atoms with Crippen molar-refractivity contribution in [3.05, 3.63) is 65.2 Å². The van der Waals surface area contributed by atoms with Gasteiger partial charge in [-0.25, -0.2) is 0 Å². The Kier molecular flexibility index (Phi) is 6.16. The van der Waals surface area contributed by atoms with Crippen molar-refractivity contribution in [1.29, 1.82) is 0 Å². The summed E-state index contributed by atoms with van der Waals surface area (Å²) >= 11 is 1.72. The van der Waals surface area contributed by atoms with Gasteiger partial charge >= 0.3 is 0 Å². The molecule has 0 radical (unpaired) electrons. The molecule has 1 N–H and O–H groups in total. The quantitative estimate of drug-likeness (QED) is 0.819. The van der Waals surface area contributed by atoms with Gasteiger partial charge in [-0.15, -0.1) is 11.8 Å². The van der Waals surface area contributed by atoms with Gasteiger partial charge in [0.1, 0.15) is 0 Å². The van der Waals surface area contributed by atoms with Crippen LogP contribution in [0.15, 0.2) is 53.4 Å². The number of benzene rings is 2. The van der Waals surface area contributed by atoms with Crippen molar-refractivity contribution in [2.45, 2.75) is 30.2 Å². The van der Waals surface area contributed by atoms with Gasteiger partial charge in [0.2, 0.25) is 0 Å². The van der Waals surface area contributed by atoms with Crippen LogP contribution < -0.4 is 5.32 Å². The Morgan fingerprint density at radius 2 is 2.08 bits per heavy atom. The number of nitrogens with one attached hydrogen (secondary N) is 1. The number of thioether (sulfide) groups is 1. The Hall–Kier alpha value is -1.78. The van der Waals surface area contributed by atoms with Gasteiger partial charge in [-0.1, -0.05) is 24.3 Å². The van der Waals surface area contributed by atoms with Gasteiger partial charge in [0.25, 0.3) is 5.91 Å². The predicted octanol–water partition coefficient (Wildman–Crippen LogP) is 4.15. The number of piperidine rings is 1. The lowest BCUT2D eigenvalue weighted by molar-refractivity contribution is 0.0785. The van der Waals surface area contributed by atoms with Crippen LogP contribution in [0.5, 0.6) is 0 Å². The lowest BCUT2D eigenvalue weighted by Crippen LogP contribution is -2.29. The van der Waals surface area contributed by atoms with Gasteiger partial charge < -0.3 is 10.2 Å². The number of hydrogen-bond donors (Lipinski definition) is 1. The number of nitrogens with zero attached hydrogens (tertiary/aromatic N) is 1. The Morgan fingerprint density at radius 1 is 1.24 bits per heavy atom. The summed E-state index contributed by atoms with van der Waals surface area (Å²) < 4.78 is 0. The zero-order chi connectivity index (χ0) is 17.6. The van der Waals surface area contributed by atoms with Crippen LogP contribution in [-0.4, -0.2) is 37.2 Å². The summed E-state index contributed by atoms with van der Waals surface area (Å²) in [6.45, 7) is 2.74. The molecular formula is C21H26N2OS. The first-order valence-electron chi connectivity index (χ1n) is 8.86. The molecule has 1 fully saturated rings. The van der Waals surface area contributed by atoms with Gasteiger partial charge in [0.15, 0.2) is 0 Å². The SMILES string of the molecule is CSc1cccc(CN(C)C(=O)c2cccc([C@H]3CCCNC3)c2)c1. The summed E-state index contributed by atoms with van der Waals surface area (Å²) in [5, 5.41) is 3.45. The van der Waals surface area contributed by atoms with Crippen molar-refractivity contribution in [2.75, 3.05) is 26.4 Å². The van der Waals surface area contributed by atoms with E-state index in [9.17, 15) is 4.79 Å². The molecule has 3 nitrogen and oxygen atoms in total. The molecule has 2 aromatic carbocycles. The summed E-state index contributed by atoms with van der Waals surface area (Å²) in [6.07, 6.45) is 4.47.